The Hall–Kier alpha value is -1.47. The quantitative estimate of drug-likeness (QED) is 0.888. The van der Waals surface area contributed by atoms with Crippen LogP contribution in [0.15, 0.2) is 4.63 Å². The molecular formula is C14H23N5O2. The van der Waals surface area contributed by atoms with Crippen molar-refractivity contribution in [1.29, 1.82) is 0 Å². The molecule has 0 radical (unpaired) electrons. The van der Waals surface area contributed by atoms with Crippen molar-refractivity contribution >= 4 is 11.7 Å². The van der Waals surface area contributed by atoms with Gasteiger partial charge in [0.1, 0.15) is 5.69 Å². The van der Waals surface area contributed by atoms with E-state index in [-0.39, 0.29) is 5.91 Å². The average molecular weight is 293 g/mol. The first-order chi connectivity index (χ1) is 10.2. The normalized spacial score (nSPS) is 24.3. The van der Waals surface area contributed by atoms with E-state index < -0.39 is 0 Å². The van der Waals surface area contributed by atoms with Gasteiger partial charge in [-0.2, -0.15) is 0 Å². The average Bonchev–Trinajstić information content (AvgIpc) is 3.12. The molecule has 0 bridgehead atoms. The molecule has 2 fully saturated rings. The molecular weight excluding hydrogens is 270 g/mol. The zero-order valence-electron chi connectivity index (χ0n) is 12.5. The molecule has 0 spiro atoms. The number of aromatic nitrogens is 2. The van der Waals surface area contributed by atoms with Crippen molar-refractivity contribution < 1.29 is 9.42 Å². The highest BCUT2D eigenvalue weighted by Crippen LogP contribution is 2.20. The number of carbonyl (C=O) groups excluding carboxylic acids is 1. The van der Waals surface area contributed by atoms with Gasteiger partial charge in [-0.25, -0.2) is 4.63 Å². The second kappa shape index (κ2) is 6.53. The predicted octanol–water partition coefficient (Wildman–Crippen LogP) is 0.877. The molecule has 0 saturated carbocycles. The molecule has 1 aromatic rings. The Morgan fingerprint density at radius 3 is 2.81 bits per heavy atom. The van der Waals surface area contributed by atoms with Gasteiger partial charge in [-0.15, -0.1) is 0 Å². The van der Waals surface area contributed by atoms with E-state index >= 15 is 0 Å². The van der Waals surface area contributed by atoms with Gasteiger partial charge in [-0.1, -0.05) is 5.16 Å². The molecule has 7 heteroatoms. The lowest BCUT2D eigenvalue weighted by atomic mass is 10.0. The first-order valence-corrected chi connectivity index (χ1v) is 7.78. The summed E-state index contributed by atoms with van der Waals surface area (Å²) in [5.41, 5.74) is 0.608. The van der Waals surface area contributed by atoms with Gasteiger partial charge >= 0.3 is 0 Å². The fourth-order valence-electron chi connectivity index (χ4n) is 3.30. The zero-order chi connectivity index (χ0) is 14.7. The standard InChI is InChI=1S/C14H23N5O2/c1-11-14(17-21-16-11)15-13(20)10-18-6-4-5-12(9-18)19-7-2-3-8-19/h12H,2-10H2,1H3,(H,15,17,20). The van der Waals surface area contributed by atoms with E-state index in [0.717, 1.165) is 13.1 Å². The topological polar surface area (TPSA) is 74.5 Å². The zero-order valence-corrected chi connectivity index (χ0v) is 12.5. The lowest BCUT2D eigenvalue weighted by molar-refractivity contribution is -0.117. The van der Waals surface area contributed by atoms with Gasteiger partial charge in [0.05, 0.1) is 6.54 Å². The molecule has 116 valence electrons. The van der Waals surface area contributed by atoms with Crippen molar-refractivity contribution in [2.45, 2.75) is 38.6 Å². The second-order valence-electron chi connectivity index (χ2n) is 6.02. The number of likely N-dealkylation sites (tertiary alicyclic amines) is 2. The van der Waals surface area contributed by atoms with Crippen LogP contribution in [0.1, 0.15) is 31.4 Å². The lowest BCUT2D eigenvalue weighted by Crippen LogP contribution is -2.48. The fraction of sp³-hybridized carbons (Fsp3) is 0.786. The number of aryl methyl sites for hydroxylation is 1. The van der Waals surface area contributed by atoms with Crippen LogP contribution in [-0.2, 0) is 4.79 Å². The molecule has 1 N–H and O–H groups in total. The summed E-state index contributed by atoms with van der Waals surface area (Å²) in [6.07, 6.45) is 5.05. The van der Waals surface area contributed by atoms with Gasteiger partial charge in [-0.3, -0.25) is 14.6 Å². The van der Waals surface area contributed by atoms with E-state index in [2.05, 4.69) is 30.1 Å². The predicted molar refractivity (Wildman–Crippen MR) is 77.9 cm³/mol. The summed E-state index contributed by atoms with van der Waals surface area (Å²) >= 11 is 0. The first-order valence-electron chi connectivity index (χ1n) is 7.78. The first kappa shape index (κ1) is 14.5. The maximum Gasteiger partial charge on any atom is 0.239 e. The van der Waals surface area contributed by atoms with Crippen LogP contribution in [0.25, 0.3) is 0 Å². The van der Waals surface area contributed by atoms with Crippen molar-refractivity contribution in [2.24, 2.45) is 0 Å². The maximum atomic E-state index is 12.1. The van der Waals surface area contributed by atoms with Crippen LogP contribution in [0.3, 0.4) is 0 Å². The molecule has 1 unspecified atom stereocenters. The van der Waals surface area contributed by atoms with E-state index in [1.54, 1.807) is 6.92 Å². The number of nitrogens with one attached hydrogen (secondary N) is 1. The summed E-state index contributed by atoms with van der Waals surface area (Å²) in [6.45, 7) is 6.59. The Labute approximate surface area is 124 Å². The highest BCUT2D eigenvalue weighted by Gasteiger charge is 2.28. The van der Waals surface area contributed by atoms with Gasteiger partial charge in [0.25, 0.3) is 0 Å². The molecule has 2 saturated heterocycles. The largest absolute Gasteiger partial charge is 0.305 e. The van der Waals surface area contributed by atoms with Crippen LogP contribution in [0.4, 0.5) is 5.82 Å². The lowest BCUT2D eigenvalue weighted by Gasteiger charge is -2.37. The van der Waals surface area contributed by atoms with Crippen molar-refractivity contribution in [3.8, 4) is 0 Å². The summed E-state index contributed by atoms with van der Waals surface area (Å²) in [7, 11) is 0. The summed E-state index contributed by atoms with van der Waals surface area (Å²) in [4.78, 5) is 16.9. The summed E-state index contributed by atoms with van der Waals surface area (Å²) in [5.74, 6) is 0.379. The van der Waals surface area contributed by atoms with Crippen molar-refractivity contribution in [2.75, 3.05) is 38.0 Å². The van der Waals surface area contributed by atoms with Crippen molar-refractivity contribution in [3.05, 3.63) is 5.69 Å². The number of piperidine rings is 1. The van der Waals surface area contributed by atoms with Crippen LogP contribution in [-0.4, -0.2) is 64.8 Å². The van der Waals surface area contributed by atoms with E-state index in [9.17, 15) is 4.79 Å². The van der Waals surface area contributed by atoms with E-state index in [1.807, 2.05) is 0 Å². The third kappa shape index (κ3) is 3.59. The molecule has 1 amide bonds. The van der Waals surface area contributed by atoms with Gasteiger partial charge < -0.3 is 5.32 Å². The minimum atomic E-state index is -0.0455. The van der Waals surface area contributed by atoms with E-state index in [1.165, 1.54) is 38.8 Å². The Bertz CT molecular complexity index is 483. The summed E-state index contributed by atoms with van der Waals surface area (Å²) < 4.78 is 4.59. The molecule has 3 rings (SSSR count). The number of amides is 1. The molecule has 21 heavy (non-hydrogen) atoms. The molecule has 7 nitrogen and oxygen atoms in total. The van der Waals surface area contributed by atoms with Crippen LogP contribution in [0, 0.1) is 6.92 Å². The highest BCUT2D eigenvalue weighted by atomic mass is 16.6. The van der Waals surface area contributed by atoms with E-state index in [0.29, 0.717) is 24.1 Å². The number of hydrogen-bond acceptors (Lipinski definition) is 6. The third-order valence-corrected chi connectivity index (χ3v) is 4.42. The fourth-order valence-corrected chi connectivity index (χ4v) is 3.30. The number of anilines is 1. The van der Waals surface area contributed by atoms with Gasteiger partial charge in [-0.05, 0) is 57.4 Å². The number of nitrogens with zero attached hydrogens (tertiary/aromatic N) is 4. The van der Waals surface area contributed by atoms with Crippen molar-refractivity contribution in [1.82, 2.24) is 20.1 Å². The molecule has 1 atom stereocenters. The number of rotatable bonds is 4. The molecule has 0 aliphatic carbocycles. The third-order valence-electron chi connectivity index (χ3n) is 4.42. The Balaban J connectivity index is 1.50. The minimum absolute atomic E-state index is 0.0455. The van der Waals surface area contributed by atoms with Crippen LogP contribution in [0.2, 0.25) is 0 Å². The smallest absolute Gasteiger partial charge is 0.239 e. The summed E-state index contributed by atoms with van der Waals surface area (Å²) in [6, 6.07) is 0.615. The SMILES string of the molecule is Cc1nonc1NC(=O)CN1CCCC(N2CCCC2)C1. The molecule has 2 aliphatic rings. The van der Waals surface area contributed by atoms with Crippen LogP contribution < -0.4 is 5.32 Å². The second-order valence-corrected chi connectivity index (χ2v) is 6.02. The van der Waals surface area contributed by atoms with Crippen molar-refractivity contribution in [3.63, 3.8) is 0 Å². The van der Waals surface area contributed by atoms with Gasteiger partial charge in [0.15, 0.2) is 5.82 Å². The number of carbonyl (C=O) groups is 1. The maximum absolute atomic E-state index is 12.1. The van der Waals surface area contributed by atoms with Crippen LogP contribution >= 0.6 is 0 Å². The van der Waals surface area contributed by atoms with Crippen LogP contribution in [0.5, 0.6) is 0 Å². The molecule has 3 heterocycles. The minimum Gasteiger partial charge on any atom is -0.305 e. The Morgan fingerprint density at radius 1 is 1.29 bits per heavy atom. The highest BCUT2D eigenvalue weighted by molar-refractivity contribution is 5.91. The van der Waals surface area contributed by atoms with Gasteiger partial charge in [0, 0.05) is 12.6 Å². The monoisotopic (exact) mass is 293 g/mol. The Morgan fingerprint density at radius 2 is 2.10 bits per heavy atom. The molecule has 1 aromatic heterocycles. The van der Waals surface area contributed by atoms with Gasteiger partial charge in [0.2, 0.25) is 5.91 Å². The molecule has 0 aromatic carbocycles. The summed E-state index contributed by atoms with van der Waals surface area (Å²) in [5, 5.41) is 10.1. The van der Waals surface area contributed by atoms with E-state index in [4.69, 9.17) is 0 Å². The molecule has 2 aliphatic heterocycles. The number of hydrogen-bond donors (Lipinski definition) is 1. The Kier molecular flexibility index (Phi) is 4.50.